The van der Waals surface area contributed by atoms with Gasteiger partial charge in [-0.25, -0.2) is 9.97 Å². The van der Waals surface area contributed by atoms with Crippen LogP contribution in [-0.4, -0.2) is 110 Å². The number of aryl methyl sites for hydroxylation is 2. The second-order valence-corrected chi connectivity index (χ2v) is 15.0. The van der Waals surface area contributed by atoms with Gasteiger partial charge in [-0.1, -0.05) is 44.8 Å². The lowest BCUT2D eigenvalue weighted by Crippen LogP contribution is -2.55. The van der Waals surface area contributed by atoms with Crippen molar-refractivity contribution in [2.24, 2.45) is 11.5 Å². The highest BCUT2D eigenvalue weighted by Crippen LogP contribution is 2.29. The molecule has 2 aliphatic rings. The van der Waals surface area contributed by atoms with Crippen molar-refractivity contribution in [3.05, 3.63) is 103 Å². The normalized spacial score (nSPS) is 18.3. The van der Waals surface area contributed by atoms with Crippen LogP contribution >= 0.6 is 0 Å². The van der Waals surface area contributed by atoms with Crippen molar-refractivity contribution in [3.8, 4) is 0 Å². The zero-order valence-electron chi connectivity index (χ0n) is 35.1. The maximum Gasteiger partial charge on any atom is 0.273 e. The Morgan fingerprint density at radius 3 is 1.67 bits per heavy atom. The third-order valence-electron chi connectivity index (χ3n) is 10.9. The standard InChI is InChI=1S/C22H28N6O2.C21H27N7O2.CH4/c1-5-19(29)28-11-7-10-17(15(28)3)27(4)18-13-24-20(21(23)30)22(26-18)25-16-9-6-8-14(2)12-16;1-5-17(29)28-11-7-10-16(14(28)3)27(4)21-24-20(18(19(22)30)25-26-21)23-15-9-6-8-13(2)12-15;/h5-6,8-9,12-13,15,17H,1,7,10-11H2,2-4H3,(H2,23,30)(H,25,26);5-6,8-9,12,14,16H,1,7,10-11H2,2-4H3,(H2,22,30)(H,23,24,26);1H4/t15-,17-;14-,16-;/m11./s1. The maximum atomic E-state index is 12.2. The minimum Gasteiger partial charge on any atom is -0.364 e. The van der Waals surface area contributed by atoms with Crippen molar-refractivity contribution in [2.75, 3.05) is 47.6 Å². The number of primary amides is 2. The highest BCUT2D eigenvalue weighted by atomic mass is 16.2. The van der Waals surface area contributed by atoms with Gasteiger partial charge >= 0.3 is 0 Å². The Bertz CT molecular complexity index is 2080. The maximum absolute atomic E-state index is 12.2. The summed E-state index contributed by atoms with van der Waals surface area (Å²) in [4.78, 5) is 69.1. The van der Waals surface area contributed by atoms with Crippen LogP contribution in [0.2, 0.25) is 0 Å². The number of hydrogen-bond donors (Lipinski definition) is 4. The van der Waals surface area contributed by atoms with Crippen LogP contribution in [0.15, 0.2) is 80.0 Å². The largest absolute Gasteiger partial charge is 0.364 e. The Morgan fingerprint density at radius 1 is 0.738 bits per heavy atom. The van der Waals surface area contributed by atoms with Crippen molar-refractivity contribution in [3.63, 3.8) is 0 Å². The smallest absolute Gasteiger partial charge is 0.273 e. The van der Waals surface area contributed by atoms with E-state index in [0.29, 0.717) is 30.7 Å². The van der Waals surface area contributed by atoms with Crippen LogP contribution in [-0.2, 0) is 9.59 Å². The van der Waals surface area contributed by atoms with Gasteiger partial charge in [0.1, 0.15) is 5.82 Å². The number of likely N-dealkylation sites (tertiary alicyclic amines) is 2. The molecule has 2 saturated heterocycles. The molecule has 17 heteroatoms. The van der Waals surface area contributed by atoms with Crippen LogP contribution in [0.25, 0.3) is 0 Å². The van der Waals surface area contributed by atoms with Crippen LogP contribution < -0.4 is 31.9 Å². The number of hydrogen-bond acceptors (Lipinski definition) is 13. The number of benzene rings is 2. The number of piperidine rings is 2. The van der Waals surface area contributed by atoms with E-state index in [2.05, 4.69) is 48.9 Å². The Balaban J connectivity index is 0.000000264. The van der Waals surface area contributed by atoms with Gasteiger partial charge in [0, 0.05) is 50.6 Å². The topological polar surface area (TPSA) is 222 Å². The molecule has 61 heavy (non-hydrogen) atoms. The first-order valence-electron chi connectivity index (χ1n) is 19.8. The van der Waals surface area contributed by atoms with Gasteiger partial charge in [0.05, 0.1) is 18.3 Å². The summed E-state index contributed by atoms with van der Waals surface area (Å²) in [5, 5.41) is 14.4. The summed E-state index contributed by atoms with van der Waals surface area (Å²) in [5.41, 5.74) is 14.7. The molecule has 6 N–H and O–H groups in total. The number of rotatable bonds is 12. The van der Waals surface area contributed by atoms with Crippen molar-refractivity contribution >= 4 is 58.4 Å². The Labute approximate surface area is 358 Å². The molecule has 6 rings (SSSR count). The number of aromatic nitrogens is 5. The SMILES string of the molecule is C.C=CC(=O)N1CCC[C@@H](N(C)c2cnc(C(N)=O)c(Nc3cccc(C)c3)n2)[C@H]1C.C=CC(=O)N1CCC[C@@H](N(C)c2nnc(C(N)=O)c(Nc3cccc(C)c3)n2)[C@H]1C. The lowest BCUT2D eigenvalue weighted by molar-refractivity contribution is -0.130. The molecule has 4 aromatic rings. The second-order valence-electron chi connectivity index (χ2n) is 15.0. The second kappa shape index (κ2) is 20.9. The minimum absolute atomic E-state index is 0. The van der Waals surface area contributed by atoms with Crippen LogP contribution in [0, 0.1) is 13.8 Å². The fourth-order valence-electron chi connectivity index (χ4n) is 7.71. The van der Waals surface area contributed by atoms with Crippen LogP contribution in [0.1, 0.15) is 79.1 Å². The Hall–Kier alpha value is -6.91. The molecule has 2 fully saturated rings. The fourth-order valence-corrected chi connectivity index (χ4v) is 7.71. The van der Waals surface area contributed by atoms with E-state index in [1.165, 1.54) is 12.2 Å². The predicted octanol–water partition coefficient (Wildman–Crippen LogP) is 5.29. The molecule has 0 bridgehead atoms. The van der Waals surface area contributed by atoms with Crippen LogP contribution in [0.3, 0.4) is 0 Å². The lowest BCUT2D eigenvalue weighted by atomic mass is 9.96. The molecule has 4 atom stereocenters. The molecule has 2 aromatic heterocycles. The summed E-state index contributed by atoms with van der Waals surface area (Å²) < 4.78 is 0. The number of nitrogens with one attached hydrogen (secondary N) is 2. The first kappa shape index (κ1) is 46.8. The highest BCUT2D eigenvalue weighted by molar-refractivity contribution is 5.97. The first-order chi connectivity index (χ1) is 28.6. The molecule has 324 valence electrons. The van der Waals surface area contributed by atoms with E-state index >= 15 is 0 Å². The number of nitrogens with two attached hydrogens (primary N) is 2. The zero-order valence-corrected chi connectivity index (χ0v) is 35.1. The third-order valence-corrected chi connectivity index (χ3v) is 10.9. The van der Waals surface area contributed by atoms with Gasteiger partial charge in [-0.2, -0.15) is 4.98 Å². The van der Waals surface area contributed by atoms with Crippen LogP contribution in [0.5, 0.6) is 0 Å². The van der Waals surface area contributed by atoms with Gasteiger partial charge in [-0.05, 0) is 101 Å². The number of amides is 4. The van der Waals surface area contributed by atoms with E-state index in [1.807, 2.05) is 105 Å². The van der Waals surface area contributed by atoms with E-state index in [4.69, 9.17) is 11.5 Å². The van der Waals surface area contributed by atoms with Gasteiger partial charge in [-0.3, -0.25) is 19.2 Å². The third kappa shape index (κ3) is 11.2. The molecule has 4 amide bonds. The Morgan fingerprint density at radius 2 is 1.21 bits per heavy atom. The molecule has 17 nitrogen and oxygen atoms in total. The quantitative estimate of drug-likeness (QED) is 0.134. The van der Waals surface area contributed by atoms with Gasteiger partial charge in [0.15, 0.2) is 23.0 Å². The zero-order chi connectivity index (χ0) is 43.7. The number of anilines is 6. The van der Waals surface area contributed by atoms with Crippen molar-refractivity contribution in [2.45, 2.75) is 85.0 Å². The summed E-state index contributed by atoms with van der Waals surface area (Å²) in [5.74, 6) is -0.0379. The van der Waals surface area contributed by atoms with Crippen molar-refractivity contribution in [1.82, 2.24) is 34.9 Å². The van der Waals surface area contributed by atoms with E-state index in [-0.39, 0.29) is 60.6 Å². The monoisotopic (exact) mass is 833 g/mol. The Kier molecular flexibility index (Phi) is 16.0. The summed E-state index contributed by atoms with van der Waals surface area (Å²) in [6.07, 6.45) is 7.77. The predicted molar refractivity (Wildman–Crippen MR) is 240 cm³/mol. The van der Waals surface area contributed by atoms with Gasteiger partial charge in [0.25, 0.3) is 11.8 Å². The summed E-state index contributed by atoms with van der Waals surface area (Å²) in [6, 6.07) is 15.4. The number of carbonyl (C=O) groups is 4. The molecule has 0 radical (unpaired) electrons. The average Bonchev–Trinajstić information content (AvgIpc) is 3.23. The molecule has 0 unspecified atom stereocenters. The lowest BCUT2D eigenvalue weighted by Gasteiger charge is -2.43. The summed E-state index contributed by atoms with van der Waals surface area (Å²) >= 11 is 0. The van der Waals surface area contributed by atoms with Gasteiger partial charge < -0.3 is 41.7 Å². The summed E-state index contributed by atoms with van der Waals surface area (Å²) in [7, 11) is 3.79. The average molecular weight is 834 g/mol. The number of carbonyl (C=O) groups excluding carboxylic acids is 4. The summed E-state index contributed by atoms with van der Waals surface area (Å²) in [6.45, 7) is 16.6. The van der Waals surface area contributed by atoms with E-state index in [1.54, 1.807) is 11.1 Å². The molecular weight excluding hydrogens is 775 g/mol. The molecule has 0 aliphatic carbocycles. The fraction of sp³-hybridized carbons (Fsp3) is 0.386. The van der Waals surface area contributed by atoms with Crippen molar-refractivity contribution in [1.29, 1.82) is 0 Å². The highest BCUT2D eigenvalue weighted by Gasteiger charge is 2.35. The van der Waals surface area contributed by atoms with Gasteiger partial charge in [0.2, 0.25) is 17.8 Å². The molecule has 4 heterocycles. The number of likely N-dealkylation sites (N-methyl/N-ethyl adjacent to an activating group) is 2. The van der Waals surface area contributed by atoms with E-state index in [9.17, 15) is 19.2 Å². The van der Waals surface area contributed by atoms with E-state index in [0.717, 1.165) is 48.2 Å². The minimum atomic E-state index is -0.715. The first-order valence-corrected chi connectivity index (χ1v) is 19.8. The van der Waals surface area contributed by atoms with Gasteiger partial charge in [-0.15, -0.1) is 10.2 Å². The van der Waals surface area contributed by atoms with Crippen molar-refractivity contribution < 1.29 is 19.2 Å². The van der Waals surface area contributed by atoms with Crippen LogP contribution in [0.4, 0.5) is 34.8 Å². The van der Waals surface area contributed by atoms with E-state index < -0.39 is 11.8 Å². The molecule has 2 aromatic carbocycles. The number of nitrogens with zero attached hydrogens (tertiary/aromatic N) is 9. The molecular formula is C44H59N13O4. The molecule has 2 aliphatic heterocycles. The molecule has 0 saturated carbocycles. The molecule has 0 spiro atoms.